The lowest BCUT2D eigenvalue weighted by molar-refractivity contribution is 0.0344. The van der Waals surface area contributed by atoms with E-state index in [1.54, 1.807) is 12.1 Å². The second-order valence-corrected chi connectivity index (χ2v) is 6.11. The summed E-state index contributed by atoms with van der Waals surface area (Å²) >= 11 is 5.93. The van der Waals surface area contributed by atoms with Crippen LogP contribution in [-0.2, 0) is 0 Å². The van der Waals surface area contributed by atoms with Crippen molar-refractivity contribution in [2.75, 3.05) is 37.6 Å². The van der Waals surface area contributed by atoms with Gasteiger partial charge in [0.2, 0.25) is 0 Å². The maximum absolute atomic E-state index is 9.84. The highest BCUT2D eigenvalue weighted by molar-refractivity contribution is 6.29. The number of β-amino-alcohol motifs (C(OH)–C–C–N with tert-alkyl or cyclic N) is 1. The highest BCUT2D eigenvalue weighted by Crippen LogP contribution is 2.19. The van der Waals surface area contributed by atoms with E-state index in [0.29, 0.717) is 17.3 Å². The largest absolute Gasteiger partial charge is 0.389 e. The summed E-state index contributed by atoms with van der Waals surface area (Å²) in [7, 11) is 0. The number of aliphatic hydroxyl groups is 1. The van der Waals surface area contributed by atoms with Gasteiger partial charge in [-0.05, 0) is 26.0 Å². The quantitative estimate of drug-likeness (QED) is 0.856. The third-order valence-corrected chi connectivity index (χ3v) is 3.41. The maximum Gasteiger partial charge on any atom is 0.132 e. The van der Waals surface area contributed by atoms with Gasteiger partial charge in [-0.3, -0.25) is 4.90 Å². The summed E-state index contributed by atoms with van der Waals surface area (Å²) in [6, 6.07) is 5.42. The van der Waals surface area contributed by atoms with E-state index < -0.39 is 5.60 Å². The number of halogens is 1. The first kappa shape index (κ1) is 15.0. The van der Waals surface area contributed by atoms with Crippen LogP contribution in [0.15, 0.2) is 12.1 Å². The lowest BCUT2D eigenvalue weighted by Crippen LogP contribution is -2.50. The standard InChI is InChI=1S/C14H19ClN4O/c1-14(2,20)10-18-3-5-19(6-4-18)13-8-11(9-16)7-12(15)17-13/h7-8,20H,3-6,10H2,1-2H3. The Morgan fingerprint density at radius 3 is 2.55 bits per heavy atom. The maximum atomic E-state index is 9.84. The molecule has 6 heteroatoms. The topological polar surface area (TPSA) is 63.4 Å². The molecule has 1 aromatic rings. The molecule has 0 aliphatic carbocycles. The normalized spacial score (nSPS) is 17.1. The fraction of sp³-hybridized carbons (Fsp3) is 0.571. The molecule has 1 aromatic heterocycles. The smallest absolute Gasteiger partial charge is 0.132 e. The zero-order valence-electron chi connectivity index (χ0n) is 11.8. The number of piperazine rings is 1. The molecular formula is C14H19ClN4O. The third kappa shape index (κ3) is 4.07. The Morgan fingerprint density at radius 1 is 1.35 bits per heavy atom. The van der Waals surface area contributed by atoms with Gasteiger partial charge in [-0.15, -0.1) is 0 Å². The Kier molecular flexibility index (Phi) is 4.48. The second kappa shape index (κ2) is 5.96. The highest BCUT2D eigenvalue weighted by Gasteiger charge is 2.23. The minimum absolute atomic E-state index is 0.345. The van der Waals surface area contributed by atoms with Crippen molar-refractivity contribution in [2.45, 2.75) is 19.4 Å². The summed E-state index contributed by atoms with van der Waals surface area (Å²) in [4.78, 5) is 8.62. The van der Waals surface area contributed by atoms with Gasteiger partial charge in [-0.2, -0.15) is 5.26 Å². The number of nitriles is 1. The molecule has 2 heterocycles. The van der Waals surface area contributed by atoms with Crippen molar-refractivity contribution in [3.8, 4) is 6.07 Å². The lowest BCUT2D eigenvalue weighted by Gasteiger charge is -2.37. The predicted octanol–water partition coefficient (Wildman–Crippen LogP) is 1.50. The Labute approximate surface area is 124 Å². The van der Waals surface area contributed by atoms with Crippen molar-refractivity contribution in [2.24, 2.45) is 0 Å². The average Bonchev–Trinajstić information content (AvgIpc) is 2.37. The summed E-state index contributed by atoms with van der Waals surface area (Å²) in [5.41, 5.74) is -0.149. The Hall–Kier alpha value is -1.35. The molecule has 1 fully saturated rings. The summed E-state index contributed by atoms with van der Waals surface area (Å²) < 4.78 is 0. The molecule has 2 rings (SSSR count). The van der Waals surface area contributed by atoms with Crippen LogP contribution in [0.3, 0.4) is 0 Å². The number of hydrogen-bond donors (Lipinski definition) is 1. The number of anilines is 1. The van der Waals surface area contributed by atoms with Crippen LogP contribution in [0, 0.1) is 11.3 Å². The van der Waals surface area contributed by atoms with Crippen LogP contribution < -0.4 is 4.90 Å². The number of pyridine rings is 1. The lowest BCUT2D eigenvalue weighted by atomic mass is 10.1. The van der Waals surface area contributed by atoms with Crippen LogP contribution >= 0.6 is 11.6 Å². The first-order valence-electron chi connectivity index (χ1n) is 6.65. The van der Waals surface area contributed by atoms with Gasteiger partial charge in [0, 0.05) is 32.7 Å². The molecule has 1 N–H and O–H groups in total. The fourth-order valence-electron chi connectivity index (χ4n) is 2.39. The number of nitrogens with zero attached hydrogens (tertiary/aromatic N) is 4. The molecule has 0 aromatic carbocycles. The Balaban J connectivity index is 2.01. The molecule has 20 heavy (non-hydrogen) atoms. The minimum atomic E-state index is -0.676. The van der Waals surface area contributed by atoms with Gasteiger partial charge in [-0.1, -0.05) is 11.6 Å². The SMILES string of the molecule is CC(C)(O)CN1CCN(c2cc(C#N)cc(Cl)n2)CC1. The monoisotopic (exact) mass is 294 g/mol. The summed E-state index contributed by atoms with van der Waals surface area (Å²) in [6.07, 6.45) is 0. The van der Waals surface area contributed by atoms with Crippen LogP contribution in [0.1, 0.15) is 19.4 Å². The van der Waals surface area contributed by atoms with Crippen LogP contribution in [0.5, 0.6) is 0 Å². The zero-order chi connectivity index (χ0) is 14.8. The molecule has 1 aliphatic heterocycles. The van der Waals surface area contributed by atoms with E-state index in [1.165, 1.54) is 0 Å². The molecule has 0 saturated carbocycles. The Morgan fingerprint density at radius 2 is 2.00 bits per heavy atom. The molecule has 0 bridgehead atoms. The van der Waals surface area contributed by atoms with Crippen molar-refractivity contribution in [3.63, 3.8) is 0 Å². The average molecular weight is 295 g/mol. The molecule has 0 atom stereocenters. The Bertz CT molecular complexity index is 513. The van der Waals surface area contributed by atoms with Crippen molar-refractivity contribution < 1.29 is 5.11 Å². The van der Waals surface area contributed by atoms with E-state index in [0.717, 1.165) is 32.0 Å². The number of rotatable bonds is 3. The third-order valence-electron chi connectivity index (χ3n) is 3.22. The van der Waals surface area contributed by atoms with E-state index in [2.05, 4.69) is 20.9 Å². The van der Waals surface area contributed by atoms with Gasteiger partial charge >= 0.3 is 0 Å². The predicted molar refractivity (Wildman–Crippen MR) is 78.9 cm³/mol. The fourth-order valence-corrected chi connectivity index (χ4v) is 2.60. The van der Waals surface area contributed by atoms with E-state index in [9.17, 15) is 5.11 Å². The van der Waals surface area contributed by atoms with E-state index in [1.807, 2.05) is 13.8 Å². The summed E-state index contributed by atoms with van der Waals surface area (Å²) in [6.45, 7) is 7.64. The van der Waals surface area contributed by atoms with Gasteiger partial charge in [0.25, 0.3) is 0 Å². The summed E-state index contributed by atoms with van der Waals surface area (Å²) in [5.74, 6) is 0.747. The van der Waals surface area contributed by atoms with Gasteiger partial charge in [0.05, 0.1) is 17.2 Å². The van der Waals surface area contributed by atoms with Crippen LogP contribution in [-0.4, -0.2) is 53.3 Å². The van der Waals surface area contributed by atoms with Gasteiger partial charge in [-0.25, -0.2) is 4.98 Å². The van der Waals surface area contributed by atoms with Crippen molar-refractivity contribution >= 4 is 17.4 Å². The second-order valence-electron chi connectivity index (χ2n) is 5.72. The van der Waals surface area contributed by atoms with Gasteiger partial charge in [0.1, 0.15) is 11.0 Å². The van der Waals surface area contributed by atoms with Gasteiger partial charge in [0.15, 0.2) is 0 Å². The van der Waals surface area contributed by atoms with E-state index in [-0.39, 0.29) is 0 Å². The first-order chi connectivity index (χ1) is 9.37. The zero-order valence-corrected chi connectivity index (χ0v) is 12.6. The molecule has 1 saturated heterocycles. The van der Waals surface area contributed by atoms with Crippen LogP contribution in [0.2, 0.25) is 5.15 Å². The molecular weight excluding hydrogens is 276 g/mol. The molecule has 0 amide bonds. The molecule has 0 unspecified atom stereocenters. The summed E-state index contributed by atoms with van der Waals surface area (Å²) in [5, 5.41) is 19.1. The van der Waals surface area contributed by atoms with Gasteiger partial charge < -0.3 is 10.0 Å². The molecule has 0 spiro atoms. The molecule has 108 valence electrons. The highest BCUT2D eigenvalue weighted by atomic mass is 35.5. The first-order valence-corrected chi connectivity index (χ1v) is 7.02. The number of aromatic nitrogens is 1. The van der Waals surface area contributed by atoms with E-state index in [4.69, 9.17) is 16.9 Å². The number of hydrogen-bond acceptors (Lipinski definition) is 5. The minimum Gasteiger partial charge on any atom is -0.389 e. The molecule has 5 nitrogen and oxygen atoms in total. The van der Waals surface area contributed by atoms with E-state index >= 15 is 0 Å². The van der Waals surface area contributed by atoms with Crippen molar-refractivity contribution in [1.82, 2.24) is 9.88 Å². The van der Waals surface area contributed by atoms with Crippen LogP contribution in [0.4, 0.5) is 5.82 Å². The van der Waals surface area contributed by atoms with Crippen molar-refractivity contribution in [3.05, 3.63) is 22.8 Å². The molecule has 1 aliphatic rings. The molecule has 0 radical (unpaired) electrons. The van der Waals surface area contributed by atoms with Crippen molar-refractivity contribution in [1.29, 1.82) is 5.26 Å². The van der Waals surface area contributed by atoms with Crippen LogP contribution in [0.25, 0.3) is 0 Å².